The predicted molar refractivity (Wildman–Crippen MR) is 69.2 cm³/mol. The SMILES string of the molecule is CCOC(=O)C1CCCN1C1CCCCCC1O. The van der Waals surface area contributed by atoms with Crippen LogP contribution in [0.25, 0.3) is 0 Å². The third-order valence-corrected chi connectivity index (χ3v) is 4.22. The Morgan fingerprint density at radius 2 is 2.00 bits per heavy atom. The summed E-state index contributed by atoms with van der Waals surface area (Å²) in [6.07, 6.45) is 6.99. The molecule has 1 N–H and O–H groups in total. The second-order valence-electron chi connectivity index (χ2n) is 5.42. The summed E-state index contributed by atoms with van der Waals surface area (Å²) < 4.78 is 5.15. The first kappa shape index (κ1) is 13.8. The highest BCUT2D eigenvalue weighted by Gasteiger charge is 2.39. The molecule has 0 radical (unpaired) electrons. The third kappa shape index (κ3) is 3.04. The molecule has 0 bridgehead atoms. The number of rotatable bonds is 3. The molecule has 2 rings (SSSR count). The molecule has 3 atom stereocenters. The van der Waals surface area contributed by atoms with Crippen LogP contribution in [-0.2, 0) is 9.53 Å². The molecule has 0 aromatic heterocycles. The molecule has 1 saturated carbocycles. The maximum atomic E-state index is 11.9. The molecular weight excluding hydrogens is 230 g/mol. The van der Waals surface area contributed by atoms with Crippen molar-refractivity contribution < 1.29 is 14.6 Å². The average molecular weight is 255 g/mol. The molecule has 18 heavy (non-hydrogen) atoms. The van der Waals surface area contributed by atoms with Crippen molar-refractivity contribution in [2.75, 3.05) is 13.2 Å². The molecule has 0 aromatic carbocycles. The van der Waals surface area contributed by atoms with Crippen LogP contribution >= 0.6 is 0 Å². The van der Waals surface area contributed by atoms with E-state index in [9.17, 15) is 9.90 Å². The zero-order valence-corrected chi connectivity index (χ0v) is 11.3. The van der Waals surface area contributed by atoms with E-state index in [4.69, 9.17) is 4.74 Å². The standard InChI is InChI=1S/C14H25NO3/c1-2-18-14(17)12-8-6-10-15(12)11-7-4-3-5-9-13(11)16/h11-13,16H,2-10H2,1H3. The van der Waals surface area contributed by atoms with E-state index in [-0.39, 0.29) is 24.2 Å². The minimum atomic E-state index is -0.275. The van der Waals surface area contributed by atoms with Gasteiger partial charge >= 0.3 is 5.97 Å². The molecule has 4 heteroatoms. The zero-order chi connectivity index (χ0) is 13.0. The monoisotopic (exact) mass is 255 g/mol. The van der Waals surface area contributed by atoms with Crippen molar-refractivity contribution in [3.8, 4) is 0 Å². The predicted octanol–water partition coefficient (Wildman–Crippen LogP) is 1.71. The van der Waals surface area contributed by atoms with E-state index in [1.165, 1.54) is 6.42 Å². The maximum Gasteiger partial charge on any atom is 0.323 e. The Balaban J connectivity index is 2.02. The smallest absolute Gasteiger partial charge is 0.323 e. The van der Waals surface area contributed by atoms with Crippen molar-refractivity contribution in [1.29, 1.82) is 0 Å². The van der Waals surface area contributed by atoms with Gasteiger partial charge in [-0.3, -0.25) is 9.69 Å². The lowest BCUT2D eigenvalue weighted by Crippen LogP contribution is -2.48. The molecule has 104 valence electrons. The third-order valence-electron chi connectivity index (χ3n) is 4.22. The molecular formula is C14H25NO3. The fourth-order valence-electron chi connectivity index (χ4n) is 3.33. The van der Waals surface area contributed by atoms with Crippen LogP contribution in [0, 0.1) is 0 Å². The summed E-state index contributed by atoms with van der Waals surface area (Å²) >= 11 is 0. The molecule has 2 fully saturated rings. The van der Waals surface area contributed by atoms with Crippen molar-refractivity contribution in [3.63, 3.8) is 0 Å². The first-order valence-corrected chi connectivity index (χ1v) is 7.34. The molecule has 1 heterocycles. The van der Waals surface area contributed by atoms with Crippen LogP contribution < -0.4 is 0 Å². The quantitative estimate of drug-likeness (QED) is 0.616. The van der Waals surface area contributed by atoms with Gasteiger partial charge in [-0.05, 0) is 39.2 Å². The van der Waals surface area contributed by atoms with Crippen LogP contribution in [0.5, 0.6) is 0 Å². The van der Waals surface area contributed by atoms with Crippen LogP contribution in [-0.4, -0.2) is 47.3 Å². The number of carbonyl (C=O) groups excluding carboxylic acids is 1. The van der Waals surface area contributed by atoms with Gasteiger partial charge in [-0.1, -0.05) is 19.3 Å². The largest absolute Gasteiger partial charge is 0.465 e. The van der Waals surface area contributed by atoms with Gasteiger partial charge in [-0.2, -0.15) is 0 Å². The molecule has 0 aromatic rings. The highest BCUT2D eigenvalue weighted by atomic mass is 16.5. The van der Waals surface area contributed by atoms with E-state index in [1.807, 2.05) is 6.92 Å². The number of carbonyl (C=O) groups is 1. The van der Waals surface area contributed by atoms with Crippen molar-refractivity contribution in [3.05, 3.63) is 0 Å². The highest BCUT2D eigenvalue weighted by molar-refractivity contribution is 5.76. The van der Waals surface area contributed by atoms with Crippen molar-refractivity contribution in [1.82, 2.24) is 4.90 Å². The molecule has 1 aliphatic carbocycles. The Morgan fingerprint density at radius 1 is 1.22 bits per heavy atom. The summed E-state index contributed by atoms with van der Waals surface area (Å²) in [5.74, 6) is -0.105. The Hall–Kier alpha value is -0.610. The van der Waals surface area contributed by atoms with Crippen molar-refractivity contribution in [2.45, 2.75) is 70.1 Å². The summed E-state index contributed by atoms with van der Waals surface area (Å²) in [4.78, 5) is 14.1. The number of nitrogens with zero attached hydrogens (tertiary/aromatic N) is 1. The number of aliphatic hydroxyl groups excluding tert-OH is 1. The van der Waals surface area contributed by atoms with E-state index in [0.717, 1.165) is 45.1 Å². The molecule has 0 spiro atoms. The average Bonchev–Trinajstić information content (AvgIpc) is 2.73. The minimum Gasteiger partial charge on any atom is -0.465 e. The lowest BCUT2D eigenvalue weighted by molar-refractivity contribution is -0.150. The van der Waals surface area contributed by atoms with E-state index >= 15 is 0 Å². The number of hydrogen-bond donors (Lipinski definition) is 1. The van der Waals surface area contributed by atoms with E-state index in [0.29, 0.717) is 6.61 Å². The number of likely N-dealkylation sites (tertiary alicyclic amines) is 1. The summed E-state index contributed by atoms with van der Waals surface area (Å²) in [6, 6.07) is 0.0344. The Morgan fingerprint density at radius 3 is 2.78 bits per heavy atom. The fraction of sp³-hybridized carbons (Fsp3) is 0.929. The van der Waals surface area contributed by atoms with Crippen LogP contribution in [0.3, 0.4) is 0 Å². The summed E-state index contributed by atoms with van der Waals surface area (Å²) in [6.45, 7) is 3.21. The molecule has 4 nitrogen and oxygen atoms in total. The van der Waals surface area contributed by atoms with Crippen LogP contribution in [0.1, 0.15) is 51.9 Å². The topological polar surface area (TPSA) is 49.8 Å². The molecule has 1 aliphatic heterocycles. The second-order valence-corrected chi connectivity index (χ2v) is 5.42. The van der Waals surface area contributed by atoms with Crippen LogP contribution in [0.4, 0.5) is 0 Å². The van der Waals surface area contributed by atoms with Gasteiger partial charge in [0, 0.05) is 6.04 Å². The summed E-state index contributed by atoms with van der Waals surface area (Å²) in [7, 11) is 0. The van der Waals surface area contributed by atoms with Gasteiger partial charge in [0.05, 0.1) is 12.7 Å². The van der Waals surface area contributed by atoms with E-state index in [2.05, 4.69) is 4.90 Å². The fourth-order valence-corrected chi connectivity index (χ4v) is 3.33. The highest BCUT2D eigenvalue weighted by Crippen LogP contribution is 2.29. The normalized spacial score (nSPS) is 34.2. The number of hydrogen-bond acceptors (Lipinski definition) is 4. The first-order valence-electron chi connectivity index (χ1n) is 7.34. The lowest BCUT2D eigenvalue weighted by Gasteiger charge is -2.34. The van der Waals surface area contributed by atoms with Gasteiger partial charge in [0.15, 0.2) is 0 Å². The lowest BCUT2D eigenvalue weighted by atomic mass is 10.0. The number of esters is 1. The van der Waals surface area contributed by atoms with Gasteiger partial charge in [0.1, 0.15) is 6.04 Å². The van der Waals surface area contributed by atoms with Gasteiger partial charge in [-0.15, -0.1) is 0 Å². The minimum absolute atomic E-state index is 0.105. The van der Waals surface area contributed by atoms with Gasteiger partial charge < -0.3 is 9.84 Å². The Labute approximate surface area is 109 Å². The molecule has 1 saturated heterocycles. The number of aliphatic hydroxyl groups is 1. The number of ether oxygens (including phenoxy) is 1. The van der Waals surface area contributed by atoms with Crippen LogP contribution in [0.15, 0.2) is 0 Å². The first-order chi connectivity index (χ1) is 8.74. The van der Waals surface area contributed by atoms with Gasteiger partial charge in [0.2, 0.25) is 0 Å². The molecule has 3 unspecified atom stereocenters. The zero-order valence-electron chi connectivity index (χ0n) is 11.3. The van der Waals surface area contributed by atoms with Gasteiger partial charge in [-0.25, -0.2) is 0 Å². The molecule has 2 aliphatic rings. The Kier molecular flexibility index (Phi) is 5.01. The van der Waals surface area contributed by atoms with Gasteiger partial charge in [0.25, 0.3) is 0 Å². The van der Waals surface area contributed by atoms with Crippen molar-refractivity contribution in [2.24, 2.45) is 0 Å². The second kappa shape index (κ2) is 6.53. The summed E-state index contributed by atoms with van der Waals surface area (Å²) in [5, 5.41) is 10.2. The maximum absolute atomic E-state index is 11.9. The van der Waals surface area contributed by atoms with Crippen molar-refractivity contribution >= 4 is 5.97 Å². The van der Waals surface area contributed by atoms with Crippen LogP contribution in [0.2, 0.25) is 0 Å². The molecule has 0 amide bonds. The Bertz CT molecular complexity index is 282. The summed E-state index contributed by atoms with van der Waals surface area (Å²) in [5.41, 5.74) is 0. The van der Waals surface area contributed by atoms with E-state index in [1.54, 1.807) is 0 Å². The van der Waals surface area contributed by atoms with E-state index < -0.39 is 0 Å².